The molecule has 152 valence electrons. The van der Waals surface area contributed by atoms with Crippen LogP contribution in [0.25, 0.3) is 0 Å². The molecule has 0 unspecified atom stereocenters. The van der Waals surface area contributed by atoms with E-state index in [1.54, 1.807) is 11.0 Å². The van der Waals surface area contributed by atoms with Gasteiger partial charge in [-0.2, -0.15) is 0 Å². The van der Waals surface area contributed by atoms with E-state index in [-0.39, 0.29) is 28.7 Å². The van der Waals surface area contributed by atoms with Crippen molar-refractivity contribution in [1.29, 1.82) is 0 Å². The highest BCUT2D eigenvalue weighted by Crippen LogP contribution is 2.46. The number of amides is 2. The van der Waals surface area contributed by atoms with Crippen LogP contribution in [0, 0.1) is 23.6 Å². The summed E-state index contributed by atoms with van der Waals surface area (Å²) in [6.45, 7) is 4.80. The quantitative estimate of drug-likeness (QED) is 0.757. The predicted molar refractivity (Wildman–Crippen MR) is 106 cm³/mol. The molecule has 3 fully saturated rings. The number of hydrogen-bond acceptors (Lipinski definition) is 3. The van der Waals surface area contributed by atoms with E-state index < -0.39 is 5.82 Å². The number of rotatable bonds is 2. The predicted octanol–water partition coefficient (Wildman–Crippen LogP) is 2.74. The Bertz CT molecular complexity index is 774. The number of hydrogen-bond donors (Lipinski definition) is 0. The van der Waals surface area contributed by atoms with Crippen LogP contribution in [0.3, 0.4) is 0 Å². The zero-order valence-electron chi connectivity index (χ0n) is 16.2. The molecule has 4 rings (SSSR count). The van der Waals surface area contributed by atoms with E-state index in [1.807, 2.05) is 4.90 Å². The normalized spacial score (nSPS) is 28.3. The van der Waals surface area contributed by atoms with Gasteiger partial charge < -0.3 is 14.7 Å². The summed E-state index contributed by atoms with van der Waals surface area (Å²) >= 11 is 5.73. The smallest absolute Gasteiger partial charge is 0.253 e. The summed E-state index contributed by atoms with van der Waals surface area (Å²) in [5, 5.41) is 0.0167. The zero-order chi connectivity index (χ0) is 19.8. The summed E-state index contributed by atoms with van der Waals surface area (Å²) in [7, 11) is 2.09. The van der Waals surface area contributed by atoms with Crippen LogP contribution in [0.1, 0.15) is 29.6 Å². The molecule has 0 N–H and O–H groups in total. The summed E-state index contributed by atoms with van der Waals surface area (Å²) in [6.07, 6.45) is 2.86. The van der Waals surface area contributed by atoms with Gasteiger partial charge in [0.15, 0.2) is 0 Å². The van der Waals surface area contributed by atoms with Gasteiger partial charge in [0.25, 0.3) is 5.91 Å². The third-order valence-electron chi connectivity index (χ3n) is 6.68. The van der Waals surface area contributed by atoms with E-state index in [0.717, 1.165) is 45.4 Å². The molecule has 1 aromatic rings. The van der Waals surface area contributed by atoms with Gasteiger partial charge in [0.1, 0.15) is 5.82 Å². The Hall–Kier alpha value is -1.66. The minimum absolute atomic E-state index is 0.0167. The van der Waals surface area contributed by atoms with Gasteiger partial charge >= 0.3 is 0 Å². The highest BCUT2D eigenvalue weighted by Gasteiger charge is 2.49. The fourth-order valence-electron chi connectivity index (χ4n) is 4.87. The third-order valence-corrected chi connectivity index (χ3v) is 6.99. The van der Waals surface area contributed by atoms with Crippen molar-refractivity contribution in [3.63, 3.8) is 0 Å². The lowest BCUT2D eigenvalue weighted by Crippen LogP contribution is -2.56. The molecule has 28 heavy (non-hydrogen) atoms. The Morgan fingerprint density at radius 1 is 1.11 bits per heavy atom. The SMILES string of the molecule is CN1CCCN(C(=O)[C@@H]2C[C@H]3CCN(C(=O)c4ccc(Cl)c(F)c4)C[C@H]32)CC1. The van der Waals surface area contributed by atoms with Gasteiger partial charge in [-0.1, -0.05) is 11.6 Å². The topological polar surface area (TPSA) is 43.9 Å². The van der Waals surface area contributed by atoms with Crippen molar-refractivity contribution in [3.05, 3.63) is 34.6 Å². The Morgan fingerprint density at radius 3 is 2.71 bits per heavy atom. The van der Waals surface area contributed by atoms with Crippen LogP contribution in [0.5, 0.6) is 0 Å². The minimum Gasteiger partial charge on any atom is -0.341 e. The second kappa shape index (κ2) is 7.99. The molecule has 2 aliphatic heterocycles. The summed E-state index contributed by atoms with van der Waals surface area (Å²) in [4.78, 5) is 31.9. The summed E-state index contributed by atoms with van der Waals surface area (Å²) in [5.41, 5.74) is 0.318. The van der Waals surface area contributed by atoms with E-state index in [4.69, 9.17) is 11.6 Å². The van der Waals surface area contributed by atoms with E-state index in [0.29, 0.717) is 24.6 Å². The van der Waals surface area contributed by atoms with E-state index in [2.05, 4.69) is 11.9 Å². The lowest BCUT2D eigenvalue weighted by Gasteiger charge is -2.51. The molecule has 1 aliphatic carbocycles. The number of likely N-dealkylation sites (N-methyl/N-ethyl adjacent to an activating group) is 1. The number of benzene rings is 1. The highest BCUT2D eigenvalue weighted by molar-refractivity contribution is 6.30. The van der Waals surface area contributed by atoms with Gasteiger partial charge in [-0.05, 0) is 62.9 Å². The van der Waals surface area contributed by atoms with Crippen LogP contribution in [0.15, 0.2) is 18.2 Å². The highest BCUT2D eigenvalue weighted by atomic mass is 35.5. The molecule has 0 spiro atoms. The molecule has 3 atom stereocenters. The van der Waals surface area contributed by atoms with Crippen LogP contribution in [-0.2, 0) is 4.79 Å². The molecule has 0 aromatic heterocycles. The summed E-state index contributed by atoms with van der Waals surface area (Å²) < 4.78 is 13.7. The summed E-state index contributed by atoms with van der Waals surface area (Å²) in [6, 6.07) is 4.19. The van der Waals surface area contributed by atoms with E-state index in [1.165, 1.54) is 12.1 Å². The van der Waals surface area contributed by atoms with Crippen molar-refractivity contribution < 1.29 is 14.0 Å². The molecular formula is C21H27ClFN3O2. The molecular weight excluding hydrogens is 381 g/mol. The zero-order valence-corrected chi connectivity index (χ0v) is 17.0. The van der Waals surface area contributed by atoms with E-state index in [9.17, 15) is 14.0 Å². The van der Waals surface area contributed by atoms with Crippen LogP contribution in [0.4, 0.5) is 4.39 Å². The first-order valence-electron chi connectivity index (χ1n) is 10.2. The van der Waals surface area contributed by atoms with Gasteiger partial charge in [0.05, 0.1) is 5.02 Å². The fraction of sp³-hybridized carbons (Fsp3) is 0.619. The first-order valence-corrected chi connectivity index (χ1v) is 10.5. The van der Waals surface area contributed by atoms with Gasteiger partial charge in [0, 0.05) is 44.2 Å². The maximum absolute atomic E-state index is 13.7. The Balaban J connectivity index is 1.40. The minimum atomic E-state index is -0.578. The van der Waals surface area contributed by atoms with Crippen LogP contribution < -0.4 is 0 Å². The van der Waals surface area contributed by atoms with Crippen molar-refractivity contribution in [3.8, 4) is 0 Å². The maximum Gasteiger partial charge on any atom is 0.253 e. The van der Waals surface area contributed by atoms with Crippen LogP contribution in [-0.4, -0.2) is 72.8 Å². The number of carbonyl (C=O) groups is 2. The summed E-state index contributed by atoms with van der Waals surface area (Å²) in [5.74, 6) is 0.265. The van der Waals surface area contributed by atoms with Crippen molar-refractivity contribution in [2.45, 2.75) is 19.3 Å². The maximum atomic E-state index is 13.7. The number of nitrogens with zero attached hydrogens (tertiary/aromatic N) is 3. The fourth-order valence-corrected chi connectivity index (χ4v) is 4.98. The second-order valence-corrected chi connectivity index (χ2v) is 8.82. The van der Waals surface area contributed by atoms with Crippen molar-refractivity contribution >= 4 is 23.4 Å². The number of carbonyl (C=O) groups excluding carboxylic acids is 2. The standard InChI is InChI=1S/C21H27ClFN3O2/c1-24-6-2-7-25(10-9-24)21(28)16-11-14-5-8-26(13-17(14)16)20(27)15-3-4-18(22)19(23)12-15/h3-4,12,14,16-17H,2,5-11,13H2,1H3/t14-,16-,17-/m1/s1. The van der Waals surface area contributed by atoms with Gasteiger partial charge in [-0.15, -0.1) is 0 Å². The Morgan fingerprint density at radius 2 is 1.93 bits per heavy atom. The molecule has 5 nitrogen and oxygen atoms in total. The molecule has 2 heterocycles. The molecule has 2 saturated heterocycles. The third kappa shape index (κ3) is 3.77. The average molecular weight is 408 g/mol. The molecule has 2 amide bonds. The Kier molecular flexibility index (Phi) is 5.61. The number of piperidine rings is 1. The number of fused-ring (bicyclic) bond motifs is 1. The second-order valence-electron chi connectivity index (χ2n) is 8.42. The van der Waals surface area contributed by atoms with Crippen LogP contribution >= 0.6 is 11.6 Å². The Labute approximate surface area is 170 Å². The molecule has 7 heteroatoms. The number of likely N-dealkylation sites (tertiary alicyclic amines) is 1. The first-order chi connectivity index (χ1) is 13.4. The van der Waals surface area contributed by atoms with Gasteiger partial charge in [-0.25, -0.2) is 4.39 Å². The molecule has 1 aromatic carbocycles. The van der Waals surface area contributed by atoms with Gasteiger partial charge in [-0.3, -0.25) is 9.59 Å². The lowest BCUT2D eigenvalue weighted by atomic mass is 9.61. The monoisotopic (exact) mass is 407 g/mol. The van der Waals surface area contributed by atoms with Gasteiger partial charge in [0.2, 0.25) is 5.91 Å². The first kappa shape index (κ1) is 19.6. The number of halogens is 2. The van der Waals surface area contributed by atoms with Crippen LogP contribution in [0.2, 0.25) is 5.02 Å². The molecule has 1 saturated carbocycles. The van der Waals surface area contributed by atoms with E-state index >= 15 is 0 Å². The molecule has 0 bridgehead atoms. The average Bonchev–Trinajstić information content (AvgIpc) is 2.89. The largest absolute Gasteiger partial charge is 0.341 e. The molecule has 3 aliphatic rings. The lowest BCUT2D eigenvalue weighted by molar-refractivity contribution is -0.147. The van der Waals surface area contributed by atoms with Crippen molar-refractivity contribution in [2.75, 3.05) is 46.3 Å². The van der Waals surface area contributed by atoms with Crippen molar-refractivity contribution in [2.24, 2.45) is 17.8 Å². The molecule has 0 radical (unpaired) electrons. The van der Waals surface area contributed by atoms with Crippen molar-refractivity contribution in [1.82, 2.24) is 14.7 Å².